The van der Waals surface area contributed by atoms with E-state index in [1.165, 1.54) is 28.8 Å². The van der Waals surface area contributed by atoms with Crippen molar-refractivity contribution in [3.63, 3.8) is 0 Å². The lowest BCUT2D eigenvalue weighted by atomic mass is 9.49. The van der Waals surface area contributed by atoms with Crippen LogP contribution < -0.4 is 14.4 Å². The lowest BCUT2D eigenvalue weighted by Crippen LogP contribution is -2.53. The Morgan fingerprint density at radius 3 is 2.04 bits per heavy atom. The Labute approximate surface area is 267 Å². The molecule has 4 aromatic rings. The van der Waals surface area contributed by atoms with Gasteiger partial charge in [0.25, 0.3) is 0 Å². The summed E-state index contributed by atoms with van der Waals surface area (Å²) < 4.78 is 41.9. The zero-order chi connectivity index (χ0) is 31.7. The van der Waals surface area contributed by atoms with Gasteiger partial charge in [0, 0.05) is 6.54 Å². The summed E-state index contributed by atoms with van der Waals surface area (Å²) >= 11 is 0. The lowest BCUT2D eigenvalue weighted by Gasteiger charge is -2.56. The van der Waals surface area contributed by atoms with Gasteiger partial charge in [-0.05, 0) is 107 Å². The van der Waals surface area contributed by atoms with Crippen LogP contribution in [0.4, 0.5) is 4.39 Å². The highest BCUT2D eigenvalue weighted by Gasteiger charge is 2.52. The van der Waals surface area contributed by atoms with Crippen molar-refractivity contribution in [2.75, 3.05) is 6.54 Å². The molecule has 0 amide bonds. The normalized spacial score (nSPS) is 23.6. The van der Waals surface area contributed by atoms with E-state index in [0.29, 0.717) is 35.4 Å². The van der Waals surface area contributed by atoms with Crippen LogP contribution in [0.15, 0.2) is 103 Å². The first kappa shape index (κ1) is 31.6. The Hall–Kier alpha value is -3.40. The molecule has 0 aromatic heterocycles. The zero-order valence-electron chi connectivity index (χ0n) is 26.8. The fourth-order valence-corrected chi connectivity index (χ4v) is 9.91. The number of rotatable bonds is 10. The molecule has 4 aromatic carbocycles. The molecule has 6 heteroatoms. The monoisotopic (exact) mass is 625 g/mol. The quantitative estimate of drug-likeness (QED) is 0.178. The van der Waals surface area contributed by atoms with Gasteiger partial charge in [-0.15, -0.1) is 0 Å². The van der Waals surface area contributed by atoms with Crippen LogP contribution in [0, 0.1) is 17.2 Å². The van der Waals surface area contributed by atoms with Gasteiger partial charge < -0.3 is 9.05 Å². The van der Waals surface area contributed by atoms with Crippen LogP contribution in [-0.4, -0.2) is 6.54 Å². The number of para-hydroxylation sites is 2. The zero-order valence-corrected chi connectivity index (χ0v) is 27.7. The molecule has 1 N–H and O–H groups in total. The fraction of sp³-hybridized carbons (Fsp3) is 0.385. The number of hydrogen-bond acceptors (Lipinski definition) is 4. The Kier molecular flexibility index (Phi) is 8.96. The Morgan fingerprint density at radius 1 is 0.844 bits per heavy atom. The summed E-state index contributed by atoms with van der Waals surface area (Å²) in [6.07, 6.45) is 5.54. The average Bonchev–Trinajstić information content (AvgIpc) is 3.02. The van der Waals surface area contributed by atoms with Gasteiger partial charge in [0.1, 0.15) is 17.3 Å². The molecule has 0 heterocycles. The van der Waals surface area contributed by atoms with Gasteiger partial charge >= 0.3 is 7.60 Å². The van der Waals surface area contributed by atoms with Crippen LogP contribution in [-0.2, 0) is 16.4 Å². The summed E-state index contributed by atoms with van der Waals surface area (Å²) in [5.74, 6) is 0.683. The molecule has 0 bridgehead atoms. The van der Waals surface area contributed by atoms with Crippen molar-refractivity contribution >= 4 is 7.60 Å². The van der Waals surface area contributed by atoms with Gasteiger partial charge in [0.15, 0.2) is 5.78 Å². The number of nitrogens with one attached hydrogen (secondary N) is 1. The largest absolute Gasteiger partial charge is 0.452 e. The third-order valence-corrected chi connectivity index (χ3v) is 12.4. The van der Waals surface area contributed by atoms with Gasteiger partial charge in [-0.1, -0.05) is 101 Å². The molecule has 0 radical (unpaired) electrons. The van der Waals surface area contributed by atoms with Gasteiger partial charge in [0.2, 0.25) is 0 Å². The second-order valence-corrected chi connectivity index (χ2v) is 15.7. The van der Waals surface area contributed by atoms with Crippen molar-refractivity contribution in [2.45, 2.75) is 76.9 Å². The first-order valence-corrected chi connectivity index (χ1v) is 17.9. The van der Waals surface area contributed by atoms with Gasteiger partial charge in [-0.2, -0.15) is 0 Å². The van der Waals surface area contributed by atoms with E-state index in [2.05, 4.69) is 51.2 Å². The third-order valence-electron chi connectivity index (χ3n) is 10.3. The SMILES string of the molecule is CC(C)c1ccc2c(c1)CC[C@H]1[C@](C)(CNC(c3ccc(F)cc3)P(=O)(Oc3ccccc3)Oc3ccccc3)CCC[C@]21C. The summed E-state index contributed by atoms with van der Waals surface area (Å²) in [5, 5.41) is 3.71. The van der Waals surface area contributed by atoms with Gasteiger partial charge in [-0.25, -0.2) is 8.96 Å². The van der Waals surface area contributed by atoms with Crippen molar-refractivity contribution < 1.29 is 18.0 Å². The van der Waals surface area contributed by atoms with Crippen LogP contribution in [0.3, 0.4) is 0 Å². The second-order valence-electron chi connectivity index (χ2n) is 13.8. The van der Waals surface area contributed by atoms with E-state index in [-0.39, 0.29) is 16.6 Å². The van der Waals surface area contributed by atoms with Crippen molar-refractivity contribution in [3.8, 4) is 11.5 Å². The van der Waals surface area contributed by atoms with Crippen LogP contribution in [0.25, 0.3) is 0 Å². The van der Waals surface area contributed by atoms with Crippen molar-refractivity contribution in [1.29, 1.82) is 0 Å². The molecule has 2 aliphatic carbocycles. The maximum absolute atomic E-state index is 15.1. The van der Waals surface area contributed by atoms with Gasteiger partial charge in [0.05, 0.1) is 0 Å². The number of benzene rings is 4. The van der Waals surface area contributed by atoms with E-state index in [1.54, 1.807) is 36.4 Å². The third kappa shape index (κ3) is 6.48. The first-order chi connectivity index (χ1) is 21.6. The minimum absolute atomic E-state index is 0.0634. The second kappa shape index (κ2) is 12.8. The van der Waals surface area contributed by atoms with Crippen LogP contribution in [0.5, 0.6) is 11.5 Å². The van der Waals surface area contributed by atoms with E-state index in [1.807, 2.05) is 36.4 Å². The Morgan fingerprint density at radius 2 is 1.44 bits per heavy atom. The highest BCUT2D eigenvalue weighted by molar-refractivity contribution is 7.55. The van der Waals surface area contributed by atoms with E-state index in [4.69, 9.17) is 9.05 Å². The molecule has 1 saturated carbocycles. The van der Waals surface area contributed by atoms with E-state index in [9.17, 15) is 4.39 Å². The molecule has 4 atom stereocenters. The molecular weight excluding hydrogens is 580 g/mol. The summed E-state index contributed by atoms with van der Waals surface area (Å²) in [6, 6.07) is 31.6. The molecule has 6 rings (SSSR count). The summed E-state index contributed by atoms with van der Waals surface area (Å²) in [4.78, 5) is 0. The standard InChI is InChI=1S/C39H45FNO3P/c1-28(2)30-18-22-35-31(26-30)19-23-36-38(3,24-11-25-39(35,36)4)27-41-37(29-16-20-32(40)21-17-29)45(42,43-33-12-7-5-8-13-33)44-34-14-9-6-10-15-34/h5-10,12-18,20-22,26,28,36-37,41H,11,19,23-25,27H2,1-4H3/t36-,37?,38-,39+/m0/s1. The van der Waals surface area contributed by atoms with Crippen LogP contribution >= 0.6 is 7.60 Å². The molecule has 4 nitrogen and oxygen atoms in total. The minimum atomic E-state index is -3.96. The maximum Gasteiger partial charge on any atom is 0.452 e. The molecule has 1 unspecified atom stereocenters. The molecule has 2 aliphatic rings. The van der Waals surface area contributed by atoms with Crippen LogP contribution in [0.1, 0.15) is 87.3 Å². The number of hydrogen-bond donors (Lipinski definition) is 1. The van der Waals surface area contributed by atoms with Crippen LogP contribution in [0.2, 0.25) is 0 Å². The number of fused-ring (bicyclic) bond motifs is 3. The smallest absolute Gasteiger partial charge is 0.415 e. The Balaban J connectivity index is 1.35. The predicted octanol–water partition coefficient (Wildman–Crippen LogP) is 10.6. The topological polar surface area (TPSA) is 47.6 Å². The average molecular weight is 626 g/mol. The van der Waals surface area contributed by atoms with Crippen molar-refractivity contribution in [3.05, 3.63) is 131 Å². The first-order valence-electron chi connectivity index (χ1n) is 16.3. The highest BCUT2D eigenvalue weighted by Crippen LogP contribution is 2.61. The Bertz CT molecular complexity index is 1600. The highest BCUT2D eigenvalue weighted by atomic mass is 31.2. The maximum atomic E-state index is 15.1. The predicted molar refractivity (Wildman–Crippen MR) is 181 cm³/mol. The van der Waals surface area contributed by atoms with E-state index >= 15 is 4.57 Å². The fourth-order valence-electron chi connectivity index (χ4n) is 7.98. The number of aryl methyl sites for hydroxylation is 1. The minimum Gasteiger partial charge on any atom is -0.415 e. The molecule has 0 saturated heterocycles. The molecule has 0 aliphatic heterocycles. The molecule has 45 heavy (non-hydrogen) atoms. The molecule has 1 fully saturated rings. The molecule has 0 spiro atoms. The summed E-state index contributed by atoms with van der Waals surface area (Å²) in [6.45, 7) is 9.99. The lowest BCUT2D eigenvalue weighted by molar-refractivity contribution is 0.0250. The number of halogens is 1. The molecular formula is C39H45FNO3P. The van der Waals surface area contributed by atoms with E-state index in [0.717, 1.165) is 32.1 Å². The summed E-state index contributed by atoms with van der Waals surface area (Å²) in [5.41, 5.74) is 5.06. The van der Waals surface area contributed by atoms with Crippen molar-refractivity contribution in [2.24, 2.45) is 11.3 Å². The summed E-state index contributed by atoms with van der Waals surface area (Å²) in [7, 11) is -3.96. The van der Waals surface area contributed by atoms with Crippen molar-refractivity contribution in [1.82, 2.24) is 5.32 Å². The molecule has 236 valence electrons. The van der Waals surface area contributed by atoms with E-state index < -0.39 is 13.4 Å². The van der Waals surface area contributed by atoms with Gasteiger partial charge in [-0.3, -0.25) is 5.32 Å².